The maximum atomic E-state index is 11.0. The van der Waals surface area contributed by atoms with E-state index < -0.39 is 10.0 Å². The average Bonchev–Trinajstić information content (AvgIpc) is 3.00. The van der Waals surface area contributed by atoms with E-state index in [-0.39, 0.29) is 24.0 Å². The molecule has 10 heteroatoms. The molecule has 7 nitrogen and oxygen atoms in total. The summed E-state index contributed by atoms with van der Waals surface area (Å²) in [4.78, 5) is 10.3. The predicted octanol–water partition coefficient (Wildman–Crippen LogP) is 0.608. The Balaban J connectivity index is 0.00000288. The first kappa shape index (κ1) is 21.6. The summed E-state index contributed by atoms with van der Waals surface area (Å²) >= 11 is 1.80. The van der Waals surface area contributed by atoms with E-state index in [1.807, 2.05) is 0 Å². The van der Waals surface area contributed by atoms with Crippen LogP contribution in [0.1, 0.15) is 4.88 Å². The van der Waals surface area contributed by atoms with Crippen molar-refractivity contribution < 1.29 is 8.42 Å². The Labute approximate surface area is 165 Å². The summed E-state index contributed by atoms with van der Waals surface area (Å²) in [7, 11) is -1.38. The highest BCUT2D eigenvalue weighted by Gasteiger charge is 2.19. The van der Waals surface area contributed by atoms with Gasteiger partial charge in [0, 0.05) is 57.7 Å². The molecule has 1 aliphatic rings. The number of sulfonamides is 1. The lowest BCUT2D eigenvalue weighted by Gasteiger charge is -2.36. The van der Waals surface area contributed by atoms with Gasteiger partial charge in [0.25, 0.3) is 0 Å². The molecule has 0 unspecified atom stereocenters. The molecule has 0 spiro atoms. The zero-order chi connectivity index (χ0) is 16.7. The molecule has 2 N–H and O–H groups in total. The average molecular weight is 487 g/mol. The van der Waals surface area contributed by atoms with Crippen LogP contribution >= 0.6 is 35.3 Å². The van der Waals surface area contributed by atoms with Crippen molar-refractivity contribution in [2.75, 3.05) is 52.6 Å². The lowest BCUT2D eigenvalue weighted by molar-refractivity contribution is 0.174. The Hall–Kier alpha value is -0.430. The predicted molar refractivity (Wildman–Crippen MR) is 111 cm³/mol. The van der Waals surface area contributed by atoms with Gasteiger partial charge in [0.15, 0.2) is 5.96 Å². The van der Waals surface area contributed by atoms with Crippen LogP contribution in [0.15, 0.2) is 22.5 Å². The van der Waals surface area contributed by atoms with Gasteiger partial charge in [-0.1, -0.05) is 6.07 Å². The van der Waals surface area contributed by atoms with Crippen LogP contribution in [0.2, 0.25) is 0 Å². The Kier molecular flexibility index (Phi) is 9.49. The molecule has 0 bridgehead atoms. The first-order valence-corrected chi connectivity index (χ1v) is 10.4. The number of nitrogens with zero attached hydrogens (tertiary/aromatic N) is 3. The van der Waals surface area contributed by atoms with E-state index in [9.17, 15) is 8.42 Å². The molecule has 1 fully saturated rings. The smallest absolute Gasteiger partial charge is 0.208 e. The Morgan fingerprint density at radius 2 is 2.00 bits per heavy atom. The number of halogens is 1. The minimum absolute atomic E-state index is 0. The maximum Gasteiger partial charge on any atom is 0.208 e. The molecular formula is C14H26IN5O2S2. The number of piperazine rings is 1. The SMILES string of the molecule is CN=C(NCCNS(C)(=O)=O)N1CCN(Cc2cccs2)CC1.I. The molecule has 138 valence electrons. The molecule has 1 aliphatic heterocycles. The molecule has 0 aromatic carbocycles. The van der Waals surface area contributed by atoms with E-state index in [0.29, 0.717) is 13.1 Å². The molecule has 1 aromatic rings. The highest BCUT2D eigenvalue weighted by Crippen LogP contribution is 2.13. The van der Waals surface area contributed by atoms with E-state index >= 15 is 0 Å². The minimum atomic E-state index is -3.14. The third-order valence-corrected chi connectivity index (χ3v) is 5.21. The Morgan fingerprint density at radius 1 is 1.29 bits per heavy atom. The molecule has 2 rings (SSSR count). The molecule has 0 amide bonds. The molecule has 1 aromatic heterocycles. The summed E-state index contributed by atoms with van der Waals surface area (Å²) < 4.78 is 24.5. The van der Waals surface area contributed by atoms with Gasteiger partial charge in [0.1, 0.15) is 0 Å². The number of hydrogen-bond acceptors (Lipinski definition) is 5. The zero-order valence-corrected chi connectivity index (χ0v) is 18.0. The maximum absolute atomic E-state index is 11.0. The van der Waals surface area contributed by atoms with Crippen molar-refractivity contribution in [1.29, 1.82) is 0 Å². The van der Waals surface area contributed by atoms with Crippen molar-refractivity contribution in [2.24, 2.45) is 4.99 Å². The van der Waals surface area contributed by atoms with Crippen LogP contribution in [0.4, 0.5) is 0 Å². The fourth-order valence-electron chi connectivity index (χ4n) is 2.48. The van der Waals surface area contributed by atoms with Gasteiger partial charge in [0.05, 0.1) is 6.26 Å². The van der Waals surface area contributed by atoms with E-state index in [2.05, 4.69) is 42.3 Å². The Bertz CT molecular complexity index is 599. The summed E-state index contributed by atoms with van der Waals surface area (Å²) in [5.41, 5.74) is 0. The number of aliphatic imine (C=N–C) groups is 1. The first-order chi connectivity index (χ1) is 11.0. The van der Waals surface area contributed by atoms with Gasteiger partial charge >= 0.3 is 0 Å². The topological polar surface area (TPSA) is 77.0 Å². The third-order valence-electron chi connectivity index (χ3n) is 3.62. The van der Waals surface area contributed by atoms with Gasteiger partial charge < -0.3 is 10.2 Å². The van der Waals surface area contributed by atoms with Crippen LogP contribution in [-0.2, 0) is 16.6 Å². The molecular weight excluding hydrogens is 461 g/mol. The van der Waals surface area contributed by atoms with Crippen molar-refractivity contribution in [3.8, 4) is 0 Å². The fraction of sp³-hybridized carbons (Fsp3) is 0.643. The molecule has 0 saturated carbocycles. The van der Waals surface area contributed by atoms with E-state index in [1.165, 1.54) is 4.88 Å². The second kappa shape index (κ2) is 10.5. The quantitative estimate of drug-likeness (QED) is 0.266. The van der Waals surface area contributed by atoms with Crippen LogP contribution in [0.25, 0.3) is 0 Å². The van der Waals surface area contributed by atoms with Gasteiger partial charge in [-0.3, -0.25) is 9.89 Å². The highest BCUT2D eigenvalue weighted by molar-refractivity contribution is 14.0. The number of guanidine groups is 1. The molecule has 0 atom stereocenters. The normalized spacial score (nSPS) is 16.8. The molecule has 24 heavy (non-hydrogen) atoms. The van der Waals surface area contributed by atoms with Crippen LogP contribution in [0.5, 0.6) is 0 Å². The summed E-state index contributed by atoms with van der Waals surface area (Å²) in [6.07, 6.45) is 1.16. The van der Waals surface area contributed by atoms with E-state index in [4.69, 9.17) is 0 Å². The monoisotopic (exact) mass is 487 g/mol. The van der Waals surface area contributed by atoms with Gasteiger partial charge in [0.2, 0.25) is 10.0 Å². The number of nitrogens with one attached hydrogen (secondary N) is 2. The van der Waals surface area contributed by atoms with Crippen LogP contribution < -0.4 is 10.0 Å². The lowest BCUT2D eigenvalue weighted by atomic mass is 10.3. The van der Waals surface area contributed by atoms with Crippen LogP contribution in [-0.4, -0.2) is 76.7 Å². The van der Waals surface area contributed by atoms with Crippen LogP contribution in [0.3, 0.4) is 0 Å². The van der Waals surface area contributed by atoms with E-state index in [1.54, 1.807) is 18.4 Å². The largest absolute Gasteiger partial charge is 0.355 e. The van der Waals surface area contributed by atoms with Gasteiger partial charge in [-0.15, -0.1) is 35.3 Å². The number of thiophene rings is 1. The van der Waals surface area contributed by atoms with Crippen molar-refractivity contribution in [3.63, 3.8) is 0 Å². The Morgan fingerprint density at radius 3 is 2.54 bits per heavy atom. The third kappa shape index (κ3) is 7.64. The highest BCUT2D eigenvalue weighted by atomic mass is 127. The van der Waals surface area contributed by atoms with Gasteiger partial charge in [-0.25, -0.2) is 13.1 Å². The number of hydrogen-bond donors (Lipinski definition) is 2. The van der Waals surface area contributed by atoms with Gasteiger partial charge in [-0.05, 0) is 11.4 Å². The minimum Gasteiger partial charge on any atom is -0.355 e. The molecule has 1 saturated heterocycles. The molecule has 0 radical (unpaired) electrons. The van der Waals surface area contributed by atoms with Crippen molar-refractivity contribution >= 4 is 51.3 Å². The van der Waals surface area contributed by atoms with Crippen molar-refractivity contribution in [3.05, 3.63) is 22.4 Å². The standard InChI is InChI=1S/C14H25N5O2S2.HI/c1-15-14(16-5-6-17-23(2,20)21)19-9-7-18(8-10-19)12-13-4-3-11-22-13;/h3-4,11,17H,5-10,12H2,1-2H3,(H,15,16);1H. The second-order valence-corrected chi connectivity index (χ2v) is 8.35. The van der Waals surface area contributed by atoms with Crippen molar-refractivity contribution in [1.82, 2.24) is 19.8 Å². The van der Waals surface area contributed by atoms with Gasteiger partial charge in [-0.2, -0.15) is 0 Å². The lowest BCUT2D eigenvalue weighted by Crippen LogP contribution is -2.52. The zero-order valence-electron chi connectivity index (χ0n) is 14.1. The summed E-state index contributed by atoms with van der Waals surface area (Å²) in [5, 5.41) is 5.32. The molecule has 0 aliphatic carbocycles. The fourth-order valence-corrected chi connectivity index (χ4v) is 3.70. The summed E-state index contributed by atoms with van der Waals surface area (Å²) in [5.74, 6) is 0.830. The first-order valence-electron chi connectivity index (χ1n) is 7.63. The second-order valence-electron chi connectivity index (χ2n) is 5.48. The van der Waals surface area contributed by atoms with Crippen molar-refractivity contribution in [2.45, 2.75) is 6.54 Å². The van der Waals surface area contributed by atoms with Crippen LogP contribution in [0, 0.1) is 0 Å². The van der Waals surface area contributed by atoms with E-state index in [0.717, 1.165) is 44.9 Å². The number of rotatable bonds is 6. The molecule has 2 heterocycles. The summed E-state index contributed by atoms with van der Waals surface area (Å²) in [6.45, 7) is 5.73. The summed E-state index contributed by atoms with van der Waals surface area (Å²) in [6, 6.07) is 4.26.